The first kappa shape index (κ1) is 16.6. The molecule has 1 aromatic carbocycles. The third-order valence-corrected chi connectivity index (χ3v) is 6.18. The number of amidine groups is 1. The van der Waals surface area contributed by atoms with Gasteiger partial charge in [0.25, 0.3) is 5.91 Å². The van der Waals surface area contributed by atoms with Gasteiger partial charge in [-0.3, -0.25) is 9.69 Å². The molecule has 3 heterocycles. The molecule has 0 saturated carbocycles. The Morgan fingerprint density at radius 3 is 2.56 bits per heavy atom. The van der Waals surface area contributed by atoms with E-state index in [1.54, 1.807) is 11.3 Å². The van der Waals surface area contributed by atoms with Gasteiger partial charge in [-0.1, -0.05) is 36.4 Å². The lowest BCUT2D eigenvalue weighted by molar-refractivity contribution is -0.113. The molecule has 4 nitrogen and oxygen atoms in total. The van der Waals surface area contributed by atoms with Crippen LogP contribution >= 0.6 is 23.1 Å². The smallest absolute Gasteiger partial charge is 0.286 e. The van der Waals surface area contributed by atoms with Gasteiger partial charge in [-0.05, 0) is 34.8 Å². The lowest BCUT2D eigenvalue weighted by Crippen LogP contribution is -2.47. The molecule has 0 bridgehead atoms. The van der Waals surface area contributed by atoms with Crippen LogP contribution in [0.2, 0.25) is 0 Å². The first-order valence-corrected chi connectivity index (χ1v) is 10.0. The minimum absolute atomic E-state index is 0.111. The predicted molar refractivity (Wildman–Crippen MR) is 106 cm³/mol. The van der Waals surface area contributed by atoms with Crippen molar-refractivity contribution in [2.24, 2.45) is 4.99 Å². The van der Waals surface area contributed by atoms with Crippen LogP contribution in [-0.2, 0) is 11.3 Å². The molecule has 0 unspecified atom stereocenters. The van der Waals surface area contributed by atoms with E-state index in [0.29, 0.717) is 0 Å². The summed E-state index contributed by atoms with van der Waals surface area (Å²) in [6, 6.07) is 14.6. The van der Waals surface area contributed by atoms with Gasteiger partial charge >= 0.3 is 0 Å². The van der Waals surface area contributed by atoms with Crippen molar-refractivity contribution >= 4 is 40.2 Å². The van der Waals surface area contributed by atoms with Crippen LogP contribution < -0.4 is 0 Å². The second kappa shape index (κ2) is 7.56. The van der Waals surface area contributed by atoms with Gasteiger partial charge in [0.15, 0.2) is 5.17 Å². The van der Waals surface area contributed by atoms with E-state index in [1.165, 1.54) is 17.3 Å². The topological polar surface area (TPSA) is 35.9 Å². The molecule has 1 amide bonds. The van der Waals surface area contributed by atoms with Gasteiger partial charge in [0, 0.05) is 37.6 Å². The zero-order chi connectivity index (χ0) is 17.1. The van der Waals surface area contributed by atoms with Crippen LogP contribution in [0.25, 0.3) is 6.08 Å². The SMILES string of the molecule is O=C1N=C(N2CCN(Cc3ccccc3)CC2)SC1=Cc1cccs1. The lowest BCUT2D eigenvalue weighted by Gasteiger charge is -2.35. The molecule has 0 radical (unpaired) electrons. The molecule has 128 valence electrons. The van der Waals surface area contributed by atoms with Crippen LogP contribution in [0.4, 0.5) is 0 Å². The van der Waals surface area contributed by atoms with Crippen molar-refractivity contribution in [3.8, 4) is 0 Å². The minimum Gasteiger partial charge on any atom is -0.348 e. The fourth-order valence-electron chi connectivity index (χ4n) is 2.97. The Morgan fingerprint density at radius 1 is 1.04 bits per heavy atom. The molecular weight excluding hydrogens is 350 g/mol. The van der Waals surface area contributed by atoms with E-state index in [-0.39, 0.29) is 5.91 Å². The third kappa shape index (κ3) is 4.03. The van der Waals surface area contributed by atoms with Crippen LogP contribution in [0.3, 0.4) is 0 Å². The van der Waals surface area contributed by atoms with Crippen molar-refractivity contribution in [2.45, 2.75) is 6.54 Å². The fourth-order valence-corrected chi connectivity index (χ4v) is 4.66. The first-order chi connectivity index (χ1) is 12.3. The van der Waals surface area contributed by atoms with Crippen LogP contribution in [0, 0.1) is 0 Å². The maximum atomic E-state index is 12.2. The number of carbonyl (C=O) groups excluding carboxylic acids is 1. The molecule has 25 heavy (non-hydrogen) atoms. The summed E-state index contributed by atoms with van der Waals surface area (Å²) in [6.07, 6.45) is 1.94. The number of benzene rings is 1. The first-order valence-electron chi connectivity index (χ1n) is 8.35. The average molecular weight is 370 g/mol. The van der Waals surface area contributed by atoms with E-state index < -0.39 is 0 Å². The third-order valence-electron chi connectivity index (χ3n) is 4.32. The summed E-state index contributed by atoms with van der Waals surface area (Å²) >= 11 is 3.14. The molecule has 4 rings (SSSR count). The number of thioether (sulfide) groups is 1. The van der Waals surface area contributed by atoms with E-state index in [9.17, 15) is 4.79 Å². The highest BCUT2D eigenvalue weighted by Gasteiger charge is 2.28. The summed E-state index contributed by atoms with van der Waals surface area (Å²) in [4.78, 5) is 22.9. The van der Waals surface area contributed by atoms with Gasteiger partial charge in [-0.2, -0.15) is 4.99 Å². The number of thiophene rings is 1. The Labute approximate surface area is 155 Å². The number of aliphatic imine (C=N–C) groups is 1. The van der Waals surface area contributed by atoms with Crippen LogP contribution in [0.5, 0.6) is 0 Å². The number of hydrogen-bond donors (Lipinski definition) is 0. The molecule has 0 N–H and O–H groups in total. The van der Waals surface area contributed by atoms with Gasteiger partial charge < -0.3 is 4.90 Å². The van der Waals surface area contributed by atoms with Crippen LogP contribution in [-0.4, -0.2) is 47.1 Å². The van der Waals surface area contributed by atoms with Gasteiger partial charge in [0.05, 0.1) is 4.91 Å². The van der Waals surface area contributed by atoms with Crippen molar-refractivity contribution in [1.29, 1.82) is 0 Å². The number of hydrogen-bond acceptors (Lipinski definition) is 5. The van der Waals surface area contributed by atoms with Crippen molar-refractivity contribution in [3.63, 3.8) is 0 Å². The molecule has 1 fully saturated rings. The van der Waals surface area contributed by atoms with Crippen molar-refractivity contribution in [3.05, 3.63) is 63.2 Å². The summed E-state index contributed by atoms with van der Waals surface area (Å²) in [7, 11) is 0. The van der Waals surface area contributed by atoms with E-state index in [0.717, 1.165) is 47.7 Å². The Morgan fingerprint density at radius 2 is 1.84 bits per heavy atom. The van der Waals surface area contributed by atoms with E-state index in [4.69, 9.17) is 0 Å². The molecule has 0 spiro atoms. The van der Waals surface area contributed by atoms with Crippen molar-refractivity contribution < 1.29 is 4.79 Å². The Balaban J connectivity index is 1.34. The average Bonchev–Trinajstić information content (AvgIpc) is 3.27. The van der Waals surface area contributed by atoms with Crippen molar-refractivity contribution in [1.82, 2.24) is 9.80 Å². The molecule has 2 aromatic rings. The second-order valence-electron chi connectivity index (χ2n) is 6.07. The molecule has 2 aliphatic heterocycles. The van der Waals surface area contributed by atoms with E-state index in [2.05, 4.69) is 45.1 Å². The number of rotatable bonds is 3. The highest BCUT2D eigenvalue weighted by molar-refractivity contribution is 8.18. The van der Waals surface area contributed by atoms with Gasteiger partial charge in [-0.15, -0.1) is 11.3 Å². The molecule has 1 aromatic heterocycles. The maximum Gasteiger partial charge on any atom is 0.286 e. The highest BCUT2D eigenvalue weighted by Crippen LogP contribution is 2.31. The minimum atomic E-state index is -0.111. The number of piperazine rings is 1. The normalized spacial score (nSPS) is 20.3. The number of carbonyl (C=O) groups is 1. The quantitative estimate of drug-likeness (QED) is 0.776. The monoisotopic (exact) mass is 369 g/mol. The Bertz CT molecular complexity index is 791. The van der Waals surface area contributed by atoms with Gasteiger partial charge in [0.1, 0.15) is 0 Å². The van der Waals surface area contributed by atoms with Gasteiger partial charge in [0.2, 0.25) is 0 Å². The molecule has 6 heteroatoms. The Kier molecular flexibility index (Phi) is 5.01. The fraction of sp³-hybridized carbons (Fsp3) is 0.263. The summed E-state index contributed by atoms with van der Waals surface area (Å²) < 4.78 is 0. The molecule has 0 aliphatic carbocycles. The second-order valence-corrected chi connectivity index (χ2v) is 8.06. The number of nitrogens with zero attached hydrogens (tertiary/aromatic N) is 3. The standard InChI is InChI=1S/C19H19N3OS2/c23-18-17(13-16-7-4-12-24-16)25-19(20-18)22-10-8-21(9-11-22)14-15-5-2-1-3-6-15/h1-7,12-13H,8-11,14H2. The maximum absolute atomic E-state index is 12.2. The molecule has 2 aliphatic rings. The zero-order valence-electron chi connectivity index (χ0n) is 13.8. The largest absolute Gasteiger partial charge is 0.348 e. The summed E-state index contributed by atoms with van der Waals surface area (Å²) in [5.74, 6) is -0.111. The zero-order valence-corrected chi connectivity index (χ0v) is 15.4. The van der Waals surface area contributed by atoms with Crippen LogP contribution in [0.1, 0.15) is 10.4 Å². The van der Waals surface area contributed by atoms with Crippen LogP contribution in [0.15, 0.2) is 57.7 Å². The van der Waals surface area contributed by atoms with E-state index >= 15 is 0 Å². The van der Waals surface area contributed by atoms with E-state index in [1.807, 2.05) is 23.6 Å². The highest BCUT2D eigenvalue weighted by atomic mass is 32.2. The molecule has 1 saturated heterocycles. The summed E-state index contributed by atoms with van der Waals surface area (Å²) in [5, 5.41) is 2.87. The predicted octanol–water partition coefficient (Wildman–Crippen LogP) is 3.54. The lowest BCUT2D eigenvalue weighted by atomic mass is 10.2. The summed E-state index contributed by atoms with van der Waals surface area (Å²) in [6.45, 7) is 4.80. The van der Waals surface area contributed by atoms with Gasteiger partial charge in [-0.25, -0.2) is 0 Å². The Hall–Kier alpha value is -1.89. The molecule has 0 atom stereocenters. The molecular formula is C19H19N3OS2. The van der Waals surface area contributed by atoms with Crippen molar-refractivity contribution in [2.75, 3.05) is 26.2 Å². The number of amides is 1. The summed E-state index contributed by atoms with van der Waals surface area (Å²) in [5.41, 5.74) is 1.35.